The van der Waals surface area contributed by atoms with Gasteiger partial charge in [-0.25, -0.2) is 0 Å². The molecule has 2 N–H and O–H groups in total. The molecular weight excluding hydrogens is 268 g/mol. The zero-order chi connectivity index (χ0) is 15.3. The van der Waals surface area contributed by atoms with Crippen LogP contribution in [0.5, 0.6) is 0 Å². The Labute approximate surface area is 127 Å². The average molecular weight is 296 g/mol. The van der Waals surface area contributed by atoms with E-state index in [1.807, 2.05) is 4.90 Å². The first-order chi connectivity index (χ1) is 10.1. The van der Waals surface area contributed by atoms with E-state index >= 15 is 0 Å². The number of aliphatic carboxylic acids is 1. The fourth-order valence-corrected chi connectivity index (χ4v) is 3.86. The number of nitrogens with one attached hydrogen (secondary N) is 1. The van der Waals surface area contributed by atoms with Crippen molar-refractivity contribution in [2.24, 2.45) is 11.3 Å². The number of carbonyl (C=O) groups excluding carboxylic acids is 1. The van der Waals surface area contributed by atoms with Gasteiger partial charge in [0.2, 0.25) is 5.91 Å². The molecule has 0 aromatic rings. The smallest absolute Gasteiger partial charge is 0.303 e. The molecule has 2 unspecified atom stereocenters. The Morgan fingerprint density at radius 1 is 1.43 bits per heavy atom. The zero-order valence-electron chi connectivity index (χ0n) is 13.1. The van der Waals surface area contributed by atoms with Gasteiger partial charge in [0.15, 0.2) is 0 Å². The SMILES string of the molecule is CCCC1(C(=O)N2CCC(CCC(=O)O)C2)CCCNC1. The molecule has 0 aromatic heterocycles. The van der Waals surface area contributed by atoms with Crippen LogP contribution in [-0.2, 0) is 9.59 Å². The lowest BCUT2D eigenvalue weighted by Gasteiger charge is -2.39. The number of carbonyl (C=O) groups is 2. The molecular formula is C16H28N2O3. The Balaban J connectivity index is 1.93. The minimum Gasteiger partial charge on any atom is -0.481 e. The first-order valence-electron chi connectivity index (χ1n) is 8.29. The van der Waals surface area contributed by atoms with Crippen LogP contribution < -0.4 is 5.32 Å². The summed E-state index contributed by atoms with van der Waals surface area (Å²) in [5, 5.41) is 12.2. The Hall–Kier alpha value is -1.10. The Kier molecular flexibility index (Phi) is 5.62. The topological polar surface area (TPSA) is 69.6 Å². The summed E-state index contributed by atoms with van der Waals surface area (Å²) in [6.07, 6.45) is 5.91. The van der Waals surface area contributed by atoms with Crippen LogP contribution in [0.2, 0.25) is 0 Å². The molecule has 5 nitrogen and oxygen atoms in total. The number of amides is 1. The molecule has 0 aliphatic carbocycles. The zero-order valence-corrected chi connectivity index (χ0v) is 13.1. The predicted octanol–water partition coefficient (Wildman–Crippen LogP) is 1.87. The molecule has 2 rings (SSSR count). The van der Waals surface area contributed by atoms with Gasteiger partial charge >= 0.3 is 5.97 Å². The molecule has 0 saturated carbocycles. The molecule has 2 aliphatic heterocycles. The third kappa shape index (κ3) is 3.96. The van der Waals surface area contributed by atoms with Crippen molar-refractivity contribution in [1.29, 1.82) is 0 Å². The maximum atomic E-state index is 13.0. The van der Waals surface area contributed by atoms with Crippen LogP contribution in [0.25, 0.3) is 0 Å². The lowest BCUT2D eigenvalue weighted by Crippen LogP contribution is -2.51. The number of rotatable bonds is 6. The summed E-state index contributed by atoms with van der Waals surface area (Å²) in [7, 11) is 0. The van der Waals surface area contributed by atoms with Crippen molar-refractivity contribution in [3.63, 3.8) is 0 Å². The number of likely N-dealkylation sites (tertiary alicyclic amines) is 1. The highest BCUT2D eigenvalue weighted by molar-refractivity contribution is 5.83. The maximum absolute atomic E-state index is 13.0. The van der Waals surface area contributed by atoms with E-state index < -0.39 is 5.97 Å². The second-order valence-electron chi connectivity index (χ2n) is 6.65. The second kappa shape index (κ2) is 7.25. The maximum Gasteiger partial charge on any atom is 0.303 e. The molecule has 0 radical (unpaired) electrons. The molecule has 0 aromatic carbocycles. The van der Waals surface area contributed by atoms with Gasteiger partial charge in [-0.1, -0.05) is 13.3 Å². The van der Waals surface area contributed by atoms with Crippen LogP contribution in [0, 0.1) is 11.3 Å². The monoisotopic (exact) mass is 296 g/mol. The van der Waals surface area contributed by atoms with Crippen molar-refractivity contribution in [3.05, 3.63) is 0 Å². The van der Waals surface area contributed by atoms with Crippen molar-refractivity contribution in [3.8, 4) is 0 Å². The third-order valence-corrected chi connectivity index (χ3v) is 4.99. The summed E-state index contributed by atoms with van der Waals surface area (Å²) in [6.45, 7) is 5.51. The van der Waals surface area contributed by atoms with Crippen LogP contribution in [-0.4, -0.2) is 48.1 Å². The van der Waals surface area contributed by atoms with Crippen molar-refractivity contribution in [2.45, 2.75) is 51.9 Å². The van der Waals surface area contributed by atoms with Crippen molar-refractivity contribution in [2.75, 3.05) is 26.2 Å². The van der Waals surface area contributed by atoms with E-state index in [9.17, 15) is 9.59 Å². The van der Waals surface area contributed by atoms with E-state index in [1.165, 1.54) is 0 Å². The lowest BCUT2D eigenvalue weighted by molar-refractivity contribution is -0.143. The Morgan fingerprint density at radius 2 is 2.24 bits per heavy atom. The molecule has 21 heavy (non-hydrogen) atoms. The largest absolute Gasteiger partial charge is 0.481 e. The van der Waals surface area contributed by atoms with Gasteiger partial charge in [0.1, 0.15) is 0 Å². The molecule has 0 spiro atoms. The van der Waals surface area contributed by atoms with Crippen LogP contribution in [0.4, 0.5) is 0 Å². The molecule has 2 fully saturated rings. The summed E-state index contributed by atoms with van der Waals surface area (Å²) in [6, 6.07) is 0. The molecule has 2 saturated heterocycles. The molecule has 0 bridgehead atoms. The van der Waals surface area contributed by atoms with Gasteiger partial charge in [0.05, 0.1) is 5.41 Å². The van der Waals surface area contributed by atoms with Crippen LogP contribution in [0.15, 0.2) is 0 Å². The quantitative estimate of drug-likeness (QED) is 0.785. The van der Waals surface area contributed by atoms with E-state index in [4.69, 9.17) is 5.11 Å². The first kappa shape index (κ1) is 16.3. The van der Waals surface area contributed by atoms with Gasteiger partial charge in [-0.15, -0.1) is 0 Å². The number of hydrogen-bond donors (Lipinski definition) is 2. The Morgan fingerprint density at radius 3 is 2.86 bits per heavy atom. The fourth-order valence-electron chi connectivity index (χ4n) is 3.86. The van der Waals surface area contributed by atoms with E-state index in [0.717, 1.165) is 58.3 Å². The average Bonchev–Trinajstić information content (AvgIpc) is 2.94. The number of hydrogen-bond acceptors (Lipinski definition) is 3. The molecule has 5 heteroatoms. The van der Waals surface area contributed by atoms with Gasteiger partial charge < -0.3 is 15.3 Å². The van der Waals surface area contributed by atoms with Gasteiger partial charge in [-0.2, -0.15) is 0 Å². The summed E-state index contributed by atoms with van der Waals surface area (Å²) in [4.78, 5) is 25.6. The standard InChI is InChI=1S/C16H28N2O3/c1-2-7-16(8-3-9-17-12-16)15(21)18-10-6-13(11-18)4-5-14(19)20/h13,17H,2-12H2,1H3,(H,19,20). The molecule has 1 amide bonds. The highest BCUT2D eigenvalue weighted by Gasteiger charge is 2.42. The van der Waals surface area contributed by atoms with Gasteiger partial charge in [0, 0.05) is 26.1 Å². The first-order valence-corrected chi connectivity index (χ1v) is 8.29. The van der Waals surface area contributed by atoms with Crippen LogP contribution >= 0.6 is 0 Å². The number of piperidine rings is 1. The molecule has 2 atom stereocenters. The predicted molar refractivity (Wildman–Crippen MR) is 81.0 cm³/mol. The van der Waals surface area contributed by atoms with E-state index in [-0.39, 0.29) is 11.8 Å². The fraction of sp³-hybridized carbons (Fsp3) is 0.875. The summed E-state index contributed by atoms with van der Waals surface area (Å²) >= 11 is 0. The van der Waals surface area contributed by atoms with Crippen molar-refractivity contribution in [1.82, 2.24) is 10.2 Å². The second-order valence-corrected chi connectivity index (χ2v) is 6.65. The summed E-state index contributed by atoms with van der Waals surface area (Å²) < 4.78 is 0. The van der Waals surface area contributed by atoms with Crippen molar-refractivity contribution < 1.29 is 14.7 Å². The third-order valence-electron chi connectivity index (χ3n) is 4.99. The molecule has 120 valence electrons. The number of carboxylic acids is 1. The molecule has 2 heterocycles. The van der Waals surface area contributed by atoms with E-state index in [0.29, 0.717) is 18.2 Å². The lowest BCUT2D eigenvalue weighted by atomic mass is 9.75. The number of nitrogens with zero attached hydrogens (tertiary/aromatic N) is 1. The minimum atomic E-state index is -0.737. The molecule has 2 aliphatic rings. The normalized spacial score (nSPS) is 29.6. The highest BCUT2D eigenvalue weighted by Crippen LogP contribution is 2.36. The van der Waals surface area contributed by atoms with Gasteiger partial charge in [-0.05, 0) is 44.6 Å². The summed E-state index contributed by atoms with van der Waals surface area (Å²) in [5.41, 5.74) is -0.214. The van der Waals surface area contributed by atoms with Gasteiger partial charge in [0.25, 0.3) is 0 Å². The minimum absolute atomic E-state index is 0.214. The van der Waals surface area contributed by atoms with Crippen molar-refractivity contribution >= 4 is 11.9 Å². The van der Waals surface area contributed by atoms with Crippen LogP contribution in [0.1, 0.15) is 51.9 Å². The van der Waals surface area contributed by atoms with Crippen LogP contribution in [0.3, 0.4) is 0 Å². The van der Waals surface area contributed by atoms with Gasteiger partial charge in [-0.3, -0.25) is 9.59 Å². The highest BCUT2D eigenvalue weighted by atomic mass is 16.4. The number of carboxylic acid groups (broad SMARTS) is 1. The van der Waals surface area contributed by atoms with E-state index in [2.05, 4.69) is 12.2 Å². The Bertz CT molecular complexity index is 372. The summed E-state index contributed by atoms with van der Waals surface area (Å²) in [5.74, 6) is -0.0756. The van der Waals surface area contributed by atoms with E-state index in [1.54, 1.807) is 0 Å².